The van der Waals surface area contributed by atoms with Crippen molar-refractivity contribution in [3.8, 4) is 0 Å². The van der Waals surface area contributed by atoms with Crippen molar-refractivity contribution in [2.24, 2.45) is 4.99 Å². The number of fused-ring (bicyclic) bond motifs is 1. The van der Waals surface area contributed by atoms with Gasteiger partial charge in [0.15, 0.2) is 5.17 Å². The second-order valence-electron chi connectivity index (χ2n) is 9.64. The van der Waals surface area contributed by atoms with Crippen molar-refractivity contribution in [2.45, 2.75) is 20.4 Å². The fourth-order valence-electron chi connectivity index (χ4n) is 4.67. The van der Waals surface area contributed by atoms with Gasteiger partial charge in [-0.2, -0.15) is 0 Å². The van der Waals surface area contributed by atoms with Crippen molar-refractivity contribution in [3.63, 3.8) is 0 Å². The highest BCUT2D eigenvalue weighted by molar-refractivity contribution is 8.19. The van der Waals surface area contributed by atoms with Crippen molar-refractivity contribution < 1.29 is 9.18 Å². The molecule has 6 rings (SSSR count). The van der Waals surface area contributed by atoms with E-state index in [1.165, 1.54) is 17.8 Å². The lowest BCUT2D eigenvalue weighted by Gasteiger charge is -2.16. The number of amides is 1. The van der Waals surface area contributed by atoms with E-state index in [0.717, 1.165) is 39.0 Å². The van der Waals surface area contributed by atoms with Crippen LogP contribution in [0.3, 0.4) is 0 Å². The number of anilines is 1. The minimum absolute atomic E-state index is 0.124. The smallest absolute Gasteiger partial charge is 0.271 e. The molecule has 1 aliphatic heterocycles. The van der Waals surface area contributed by atoms with Crippen molar-refractivity contribution in [1.82, 2.24) is 4.57 Å². The third-order valence-electron chi connectivity index (χ3n) is 6.76. The minimum Gasteiger partial charge on any atom is -0.342 e. The Bertz CT molecular complexity index is 1750. The summed E-state index contributed by atoms with van der Waals surface area (Å²) in [6.07, 6.45) is 3.91. The van der Waals surface area contributed by atoms with Crippen molar-refractivity contribution in [3.05, 3.63) is 136 Å². The Morgan fingerprint density at radius 2 is 1.51 bits per heavy atom. The van der Waals surface area contributed by atoms with Crippen molar-refractivity contribution in [1.29, 1.82) is 0 Å². The van der Waals surface area contributed by atoms with Crippen molar-refractivity contribution in [2.75, 3.05) is 4.90 Å². The van der Waals surface area contributed by atoms with E-state index >= 15 is 0 Å². The van der Waals surface area contributed by atoms with E-state index in [2.05, 4.69) is 0 Å². The first-order valence-electron chi connectivity index (χ1n) is 12.7. The lowest BCUT2D eigenvalue weighted by molar-refractivity contribution is -0.113. The number of aromatic nitrogens is 1. The molecule has 5 aromatic rings. The third-order valence-corrected chi connectivity index (χ3v) is 7.73. The van der Waals surface area contributed by atoms with E-state index < -0.39 is 0 Å². The quantitative estimate of drug-likeness (QED) is 0.214. The lowest BCUT2D eigenvalue weighted by atomic mass is 10.1. The number of benzene rings is 4. The number of amidine groups is 1. The van der Waals surface area contributed by atoms with Gasteiger partial charge in [0.2, 0.25) is 0 Å². The number of hydrogen-bond acceptors (Lipinski definition) is 3. The monoisotopic (exact) mass is 531 g/mol. The SMILES string of the molecule is Cc1ccc(N=C2S/C(=C\c3cn(Cc4ccccc4F)c4ccccc34)C(=O)N2c2ccc(C)cc2)cc1. The Hall–Kier alpha value is -4.42. The molecule has 4 nitrogen and oxygen atoms in total. The zero-order chi connectivity index (χ0) is 26.9. The molecule has 0 saturated carbocycles. The van der Waals surface area contributed by atoms with Gasteiger partial charge in [0.1, 0.15) is 5.82 Å². The van der Waals surface area contributed by atoms with Crippen LogP contribution >= 0.6 is 11.8 Å². The summed E-state index contributed by atoms with van der Waals surface area (Å²) in [5, 5.41) is 1.61. The van der Waals surface area contributed by atoms with E-state index in [-0.39, 0.29) is 11.7 Å². The maximum absolute atomic E-state index is 14.4. The molecular weight excluding hydrogens is 505 g/mol. The van der Waals surface area contributed by atoms with Crippen molar-refractivity contribution >= 4 is 51.2 Å². The summed E-state index contributed by atoms with van der Waals surface area (Å²) < 4.78 is 16.5. The average molecular weight is 532 g/mol. The zero-order valence-corrected chi connectivity index (χ0v) is 22.5. The summed E-state index contributed by atoms with van der Waals surface area (Å²) in [7, 11) is 0. The van der Waals surface area contributed by atoms with Gasteiger partial charge in [0.05, 0.1) is 22.8 Å². The Morgan fingerprint density at radius 3 is 2.26 bits per heavy atom. The van der Waals surface area contributed by atoms with Crippen LogP contribution in [0.25, 0.3) is 17.0 Å². The molecular formula is C33H26FN3OS. The molecule has 4 aromatic carbocycles. The zero-order valence-electron chi connectivity index (χ0n) is 21.6. The second-order valence-corrected chi connectivity index (χ2v) is 10.6. The van der Waals surface area contributed by atoms with Gasteiger partial charge in [-0.15, -0.1) is 0 Å². The number of rotatable bonds is 5. The molecule has 1 aliphatic rings. The predicted molar refractivity (Wildman–Crippen MR) is 160 cm³/mol. The largest absolute Gasteiger partial charge is 0.342 e. The molecule has 0 atom stereocenters. The van der Waals surface area contributed by atoms with Crippen LogP contribution in [0.15, 0.2) is 113 Å². The summed E-state index contributed by atoms with van der Waals surface area (Å²) in [6.45, 7) is 4.45. The Morgan fingerprint density at radius 1 is 0.846 bits per heavy atom. The number of hydrogen-bond donors (Lipinski definition) is 0. The number of nitrogens with zero attached hydrogens (tertiary/aromatic N) is 3. The first-order chi connectivity index (χ1) is 19.0. The Kier molecular flexibility index (Phi) is 6.63. The number of halogens is 1. The summed E-state index contributed by atoms with van der Waals surface area (Å²) in [5.41, 5.74) is 6.32. The van der Waals surface area contributed by atoms with Gasteiger partial charge in [0.25, 0.3) is 5.91 Å². The fraction of sp³-hybridized carbons (Fsp3) is 0.0909. The van der Waals surface area contributed by atoms with Crippen LogP contribution in [0, 0.1) is 19.7 Å². The maximum atomic E-state index is 14.4. The fourth-order valence-corrected chi connectivity index (χ4v) is 5.66. The summed E-state index contributed by atoms with van der Waals surface area (Å²) in [6, 6.07) is 30.6. The highest BCUT2D eigenvalue weighted by Gasteiger charge is 2.35. The molecule has 1 saturated heterocycles. The Labute approximate surface area is 231 Å². The lowest BCUT2D eigenvalue weighted by Crippen LogP contribution is -2.28. The van der Waals surface area contributed by atoms with Crippen LogP contribution in [0.4, 0.5) is 15.8 Å². The van der Waals surface area contributed by atoms with Crippen LogP contribution in [-0.2, 0) is 11.3 Å². The molecule has 0 unspecified atom stereocenters. The molecule has 1 amide bonds. The number of thioether (sulfide) groups is 1. The molecule has 1 fully saturated rings. The molecule has 39 heavy (non-hydrogen) atoms. The number of aliphatic imine (C=N–C) groups is 1. The van der Waals surface area contributed by atoms with Gasteiger partial charge in [-0.3, -0.25) is 9.69 Å². The minimum atomic E-state index is -0.234. The molecule has 1 aromatic heterocycles. The number of carbonyl (C=O) groups excluding carboxylic acids is 1. The number of carbonyl (C=O) groups is 1. The molecule has 0 N–H and O–H groups in total. The highest BCUT2D eigenvalue weighted by atomic mass is 32.2. The predicted octanol–water partition coefficient (Wildman–Crippen LogP) is 8.25. The molecule has 0 bridgehead atoms. The average Bonchev–Trinajstić information content (AvgIpc) is 3.44. The summed E-state index contributed by atoms with van der Waals surface area (Å²) >= 11 is 1.36. The molecule has 2 heterocycles. The topological polar surface area (TPSA) is 37.6 Å². The van der Waals surface area contributed by atoms with Crippen LogP contribution in [0.5, 0.6) is 0 Å². The van der Waals surface area contributed by atoms with Gasteiger partial charge in [-0.05, 0) is 68.1 Å². The first kappa shape index (κ1) is 24.9. The van der Waals surface area contributed by atoms with Crippen LogP contribution in [-0.4, -0.2) is 15.6 Å². The van der Waals surface area contributed by atoms with E-state index in [4.69, 9.17) is 4.99 Å². The highest BCUT2D eigenvalue weighted by Crippen LogP contribution is 2.38. The van der Waals surface area contributed by atoms with Gasteiger partial charge in [0, 0.05) is 28.2 Å². The molecule has 192 valence electrons. The van der Waals surface area contributed by atoms with E-state index in [9.17, 15) is 9.18 Å². The van der Waals surface area contributed by atoms with Crippen LogP contribution in [0.2, 0.25) is 0 Å². The standard InChI is InChI=1S/C33H26FN3OS/c1-22-11-15-26(16-12-22)35-33-37(27-17-13-23(2)14-18-27)32(38)31(39-33)19-25-21-36(30-10-6-4-8-28(25)30)20-24-7-3-5-9-29(24)34/h3-19,21H,20H2,1-2H3/b31-19-,35-33?. The van der Waals surface area contributed by atoms with E-state index in [1.807, 2.05) is 110 Å². The molecule has 0 radical (unpaired) electrons. The molecule has 6 heteroatoms. The van der Waals surface area contributed by atoms with E-state index in [1.54, 1.807) is 17.0 Å². The van der Waals surface area contributed by atoms with Crippen LogP contribution in [0.1, 0.15) is 22.3 Å². The van der Waals surface area contributed by atoms with Crippen LogP contribution < -0.4 is 4.90 Å². The van der Waals surface area contributed by atoms with Gasteiger partial charge in [-0.1, -0.05) is 71.8 Å². The molecule has 0 spiro atoms. The molecule has 0 aliphatic carbocycles. The van der Waals surface area contributed by atoms with E-state index in [0.29, 0.717) is 22.2 Å². The normalized spacial score (nSPS) is 15.7. The third kappa shape index (κ3) is 5.03. The number of para-hydroxylation sites is 1. The summed E-state index contributed by atoms with van der Waals surface area (Å²) in [4.78, 5) is 20.9. The first-order valence-corrected chi connectivity index (χ1v) is 13.6. The summed E-state index contributed by atoms with van der Waals surface area (Å²) in [5.74, 6) is -0.358. The van der Waals surface area contributed by atoms with Gasteiger partial charge >= 0.3 is 0 Å². The van der Waals surface area contributed by atoms with Gasteiger partial charge < -0.3 is 4.57 Å². The Balaban J connectivity index is 1.42. The second kappa shape index (κ2) is 10.4. The number of aryl methyl sites for hydroxylation is 2. The maximum Gasteiger partial charge on any atom is 0.271 e. The van der Waals surface area contributed by atoms with Gasteiger partial charge in [-0.25, -0.2) is 9.38 Å².